The average molecular weight is 379 g/mol. The second-order valence-corrected chi connectivity index (χ2v) is 6.30. The van der Waals surface area contributed by atoms with Gasteiger partial charge in [0, 0.05) is 32.4 Å². The monoisotopic (exact) mass is 379 g/mol. The lowest BCUT2D eigenvalue weighted by atomic mass is 10.1. The summed E-state index contributed by atoms with van der Waals surface area (Å²) in [6.45, 7) is 2.07. The fourth-order valence-corrected chi connectivity index (χ4v) is 2.99. The molecule has 1 saturated heterocycles. The van der Waals surface area contributed by atoms with Crippen molar-refractivity contribution in [2.24, 2.45) is 0 Å². The van der Waals surface area contributed by atoms with Crippen LogP contribution in [0.4, 0.5) is 19.0 Å². The number of anilines is 1. The zero-order valence-electron chi connectivity index (χ0n) is 14.9. The lowest BCUT2D eigenvalue weighted by Gasteiger charge is -2.35. The van der Waals surface area contributed by atoms with Gasteiger partial charge in [0.2, 0.25) is 5.91 Å². The van der Waals surface area contributed by atoms with Crippen LogP contribution in [0.1, 0.15) is 11.1 Å². The summed E-state index contributed by atoms with van der Waals surface area (Å²) < 4.78 is 43.0. The molecular weight excluding hydrogens is 359 g/mol. The molecule has 0 radical (unpaired) electrons. The fraction of sp³-hybridized carbons (Fsp3) is 0.368. The molecule has 0 unspecified atom stereocenters. The summed E-state index contributed by atoms with van der Waals surface area (Å²) in [5.41, 5.74) is 0.115. The SMILES string of the molecule is COc1cccc(CC(=O)N2CCN(c3ccc(C(F)(F)F)cn3)CC2)c1. The molecular formula is C19H20F3N3O2. The molecule has 1 aromatic heterocycles. The van der Waals surface area contributed by atoms with Crippen LogP contribution >= 0.6 is 0 Å². The number of carbonyl (C=O) groups excluding carboxylic acids is 1. The number of hydrogen-bond acceptors (Lipinski definition) is 4. The van der Waals surface area contributed by atoms with E-state index in [9.17, 15) is 18.0 Å². The summed E-state index contributed by atoms with van der Waals surface area (Å²) in [5, 5.41) is 0. The van der Waals surface area contributed by atoms with E-state index in [1.165, 1.54) is 6.07 Å². The van der Waals surface area contributed by atoms with Crippen LogP contribution in [0.3, 0.4) is 0 Å². The van der Waals surface area contributed by atoms with Crippen molar-refractivity contribution in [3.63, 3.8) is 0 Å². The van der Waals surface area contributed by atoms with E-state index in [-0.39, 0.29) is 12.3 Å². The van der Waals surface area contributed by atoms with Gasteiger partial charge >= 0.3 is 6.18 Å². The minimum absolute atomic E-state index is 0.0169. The van der Waals surface area contributed by atoms with E-state index in [4.69, 9.17) is 4.74 Å². The van der Waals surface area contributed by atoms with Gasteiger partial charge in [-0.05, 0) is 29.8 Å². The first-order valence-electron chi connectivity index (χ1n) is 8.56. The third kappa shape index (κ3) is 4.69. The number of halogens is 3. The molecule has 1 aliphatic heterocycles. The number of carbonyl (C=O) groups is 1. The van der Waals surface area contributed by atoms with Gasteiger partial charge in [0.1, 0.15) is 11.6 Å². The normalized spacial score (nSPS) is 15.0. The first-order chi connectivity index (χ1) is 12.9. The predicted octanol–water partition coefficient (Wildman–Crippen LogP) is 3.00. The van der Waals surface area contributed by atoms with Gasteiger partial charge in [-0.3, -0.25) is 4.79 Å². The lowest BCUT2D eigenvalue weighted by molar-refractivity contribution is -0.137. The van der Waals surface area contributed by atoms with Gasteiger partial charge in [0.15, 0.2) is 0 Å². The van der Waals surface area contributed by atoms with E-state index in [2.05, 4.69) is 4.98 Å². The zero-order valence-corrected chi connectivity index (χ0v) is 14.9. The van der Waals surface area contributed by atoms with E-state index < -0.39 is 11.7 Å². The number of piperazine rings is 1. The maximum Gasteiger partial charge on any atom is 0.417 e. The topological polar surface area (TPSA) is 45.7 Å². The number of pyridine rings is 1. The van der Waals surface area contributed by atoms with Crippen LogP contribution in [0.5, 0.6) is 5.75 Å². The first kappa shape index (κ1) is 19.0. The van der Waals surface area contributed by atoms with Crippen molar-refractivity contribution in [3.8, 4) is 5.75 Å². The highest BCUT2D eigenvalue weighted by molar-refractivity contribution is 5.79. The van der Waals surface area contributed by atoms with E-state index in [1.807, 2.05) is 29.2 Å². The highest BCUT2D eigenvalue weighted by atomic mass is 19.4. The number of methoxy groups -OCH3 is 1. The smallest absolute Gasteiger partial charge is 0.417 e. The number of benzene rings is 1. The second kappa shape index (κ2) is 7.85. The fourth-order valence-electron chi connectivity index (χ4n) is 2.99. The minimum atomic E-state index is -4.39. The third-order valence-electron chi connectivity index (χ3n) is 4.52. The van der Waals surface area contributed by atoms with Gasteiger partial charge in [-0.1, -0.05) is 12.1 Å². The van der Waals surface area contributed by atoms with E-state index in [0.717, 1.165) is 17.8 Å². The highest BCUT2D eigenvalue weighted by Gasteiger charge is 2.31. The maximum absolute atomic E-state index is 12.6. The number of rotatable bonds is 4. The van der Waals surface area contributed by atoms with Crippen molar-refractivity contribution in [1.82, 2.24) is 9.88 Å². The molecule has 0 bridgehead atoms. The Morgan fingerprint density at radius 1 is 1.15 bits per heavy atom. The van der Waals surface area contributed by atoms with Gasteiger partial charge in [-0.25, -0.2) is 4.98 Å². The maximum atomic E-state index is 12.6. The van der Waals surface area contributed by atoms with Crippen LogP contribution < -0.4 is 9.64 Å². The molecule has 1 aliphatic rings. The molecule has 8 heteroatoms. The van der Waals surface area contributed by atoms with E-state index >= 15 is 0 Å². The largest absolute Gasteiger partial charge is 0.497 e. The molecule has 144 valence electrons. The van der Waals surface area contributed by atoms with Gasteiger partial charge in [0.05, 0.1) is 19.1 Å². The Bertz CT molecular complexity index is 786. The average Bonchev–Trinajstić information content (AvgIpc) is 2.67. The molecule has 2 aromatic rings. The Morgan fingerprint density at radius 2 is 1.89 bits per heavy atom. The van der Waals surface area contributed by atoms with Crippen LogP contribution in [0.2, 0.25) is 0 Å². The molecule has 0 atom stereocenters. The Hall–Kier alpha value is -2.77. The number of nitrogens with zero attached hydrogens (tertiary/aromatic N) is 3. The Kier molecular flexibility index (Phi) is 5.53. The molecule has 2 heterocycles. The molecule has 5 nitrogen and oxygen atoms in total. The summed E-state index contributed by atoms with van der Waals surface area (Å²) in [5.74, 6) is 1.21. The van der Waals surface area contributed by atoms with Crippen LogP contribution in [0.15, 0.2) is 42.6 Å². The van der Waals surface area contributed by atoms with Crippen molar-refractivity contribution in [2.45, 2.75) is 12.6 Å². The van der Waals surface area contributed by atoms with Crippen molar-refractivity contribution in [1.29, 1.82) is 0 Å². The van der Waals surface area contributed by atoms with E-state index in [0.29, 0.717) is 37.7 Å². The van der Waals surface area contributed by atoms with Crippen molar-refractivity contribution in [2.75, 3.05) is 38.2 Å². The van der Waals surface area contributed by atoms with Gasteiger partial charge in [0.25, 0.3) is 0 Å². The standard InChI is InChI=1S/C19H20F3N3O2/c1-27-16-4-2-3-14(11-16)12-18(26)25-9-7-24(8-10-25)17-6-5-15(13-23-17)19(20,21)22/h2-6,11,13H,7-10,12H2,1H3. The molecule has 0 aliphatic carbocycles. The molecule has 1 aromatic carbocycles. The summed E-state index contributed by atoms with van der Waals surface area (Å²) in [7, 11) is 1.58. The van der Waals surface area contributed by atoms with E-state index in [1.54, 1.807) is 12.0 Å². The van der Waals surface area contributed by atoms with Gasteiger partial charge in [-0.2, -0.15) is 13.2 Å². The number of ether oxygens (including phenoxy) is 1. The molecule has 27 heavy (non-hydrogen) atoms. The quantitative estimate of drug-likeness (QED) is 0.819. The second-order valence-electron chi connectivity index (χ2n) is 6.30. The molecule has 1 fully saturated rings. The summed E-state index contributed by atoms with van der Waals surface area (Å²) in [6.07, 6.45) is -3.26. The highest BCUT2D eigenvalue weighted by Crippen LogP contribution is 2.29. The summed E-state index contributed by atoms with van der Waals surface area (Å²) in [6, 6.07) is 9.78. The number of alkyl halides is 3. The minimum Gasteiger partial charge on any atom is -0.497 e. The Balaban J connectivity index is 1.55. The first-order valence-corrected chi connectivity index (χ1v) is 8.56. The van der Waals surface area contributed by atoms with Crippen LogP contribution in [-0.4, -0.2) is 49.1 Å². The lowest BCUT2D eigenvalue weighted by Crippen LogP contribution is -2.49. The van der Waals surface area contributed by atoms with Crippen LogP contribution in [0, 0.1) is 0 Å². The molecule has 1 amide bonds. The van der Waals surface area contributed by atoms with Gasteiger partial charge in [-0.15, -0.1) is 0 Å². The zero-order chi connectivity index (χ0) is 19.4. The Morgan fingerprint density at radius 3 is 2.48 bits per heavy atom. The number of aromatic nitrogens is 1. The number of hydrogen-bond donors (Lipinski definition) is 0. The summed E-state index contributed by atoms with van der Waals surface area (Å²) in [4.78, 5) is 20.1. The predicted molar refractivity (Wildman–Crippen MR) is 94.7 cm³/mol. The van der Waals surface area contributed by atoms with Crippen molar-refractivity contribution >= 4 is 11.7 Å². The Labute approximate surface area is 155 Å². The number of amides is 1. The van der Waals surface area contributed by atoms with Gasteiger partial charge < -0.3 is 14.5 Å². The van der Waals surface area contributed by atoms with Crippen molar-refractivity contribution in [3.05, 3.63) is 53.7 Å². The summed E-state index contributed by atoms with van der Waals surface area (Å²) >= 11 is 0. The van der Waals surface area contributed by atoms with Crippen LogP contribution in [-0.2, 0) is 17.4 Å². The van der Waals surface area contributed by atoms with Crippen molar-refractivity contribution < 1.29 is 22.7 Å². The molecule has 0 spiro atoms. The molecule has 0 N–H and O–H groups in total. The third-order valence-corrected chi connectivity index (χ3v) is 4.52. The molecule has 0 saturated carbocycles. The van der Waals surface area contributed by atoms with Crippen LogP contribution in [0.25, 0.3) is 0 Å². The molecule has 3 rings (SSSR count).